The summed E-state index contributed by atoms with van der Waals surface area (Å²) in [5.41, 5.74) is 1.80. The highest BCUT2D eigenvalue weighted by molar-refractivity contribution is 9.10. The molecule has 1 aromatic heterocycles. The molecule has 0 aliphatic heterocycles. The summed E-state index contributed by atoms with van der Waals surface area (Å²) >= 11 is 11.7. The molecule has 4 heteroatoms. The van der Waals surface area contributed by atoms with Crippen molar-refractivity contribution in [1.82, 2.24) is 0 Å². The molecular weight excluding hydrogens is 347 g/mol. The van der Waals surface area contributed by atoms with E-state index in [0.29, 0.717) is 0 Å². The predicted molar refractivity (Wildman–Crippen MR) is 83.6 cm³/mol. The van der Waals surface area contributed by atoms with Gasteiger partial charge in [-0.3, -0.25) is 0 Å². The molecule has 1 heterocycles. The van der Waals surface area contributed by atoms with Gasteiger partial charge in [-0.2, -0.15) is 0 Å². The fourth-order valence-electron chi connectivity index (χ4n) is 2.08. The van der Waals surface area contributed by atoms with Crippen molar-refractivity contribution in [2.24, 2.45) is 0 Å². The fourth-order valence-corrected chi connectivity index (χ4v) is 4.12. The fraction of sp³-hybridized carbons (Fsp3) is 0.0667. The molecule has 0 aliphatic rings. The van der Waals surface area contributed by atoms with Crippen LogP contribution in [0, 0.1) is 5.82 Å². The highest BCUT2D eigenvalue weighted by Crippen LogP contribution is 2.39. The summed E-state index contributed by atoms with van der Waals surface area (Å²) in [4.78, 5) is 0. The van der Waals surface area contributed by atoms with Gasteiger partial charge in [0, 0.05) is 9.17 Å². The summed E-state index contributed by atoms with van der Waals surface area (Å²) < 4.78 is 15.5. The second-order valence-corrected chi connectivity index (χ2v) is 6.40. The summed E-state index contributed by atoms with van der Waals surface area (Å²) in [5, 5.41) is 2.82. The van der Waals surface area contributed by atoms with E-state index in [-0.39, 0.29) is 11.2 Å². The molecule has 0 N–H and O–H groups in total. The Bertz CT molecular complexity index is 738. The van der Waals surface area contributed by atoms with Gasteiger partial charge >= 0.3 is 0 Å². The van der Waals surface area contributed by atoms with Crippen molar-refractivity contribution in [3.63, 3.8) is 0 Å². The van der Waals surface area contributed by atoms with Gasteiger partial charge in [0.2, 0.25) is 0 Å². The van der Waals surface area contributed by atoms with Crippen molar-refractivity contribution in [1.29, 1.82) is 0 Å². The molecule has 0 nitrogen and oxygen atoms in total. The molecule has 3 aromatic rings. The lowest BCUT2D eigenvalue weighted by molar-refractivity contribution is 0.626. The van der Waals surface area contributed by atoms with Gasteiger partial charge in [-0.1, -0.05) is 24.3 Å². The third-order valence-corrected chi connectivity index (χ3v) is 5.45. The molecule has 0 bridgehead atoms. The van der Waals surface area contributed by atoms with Crippen LogP contribution in [-0.4, -0.2) is 0 Å². The maximum atomic E-state index is 13.3. The minimum absolute atomic E-state index is 0.260. The monoisotopic (exact) mass is 354 g/mol. The lowest BCUT2D eigenvalue weighted by Crippen LogP contribution is -1.92. The van der Waals surface area contributed by atoms with Crippen molar-refractivity contribution < 1.29 is 4.39 Å². The predicted octanol–water partition coefficient (Wildman–Crippen LogP) is 6.13. The van der Waals surface area contributed by atoms with Gasteiger partial charge < -0.3 is 0 Å². The van der Waals surface area contributed by atoms with Gasteiger partial charge in [0.05, 0.1) is 5.38 Å². The molecule has 1 atom stereocenters. The zero-order chi connectivity index (χ0) is 13.4. The lowest BCUT2D eigenvalue weighted by atomic mass is 10.0. The molecule has 0 amide bonds. The number of hydrogen-bond donors (Lipinski definition) is 0. The molecule has 0 fully saturated rings. The third-order valence-electron chi connectivity index (χ3n) is 3.00. The van der Waals surface area contributed by atoms with Crippen LogP contribution < -0.4 is 0 Å². The van der Waals surface area contributed by atoms with Crippen molar-refractivity contribution in [2.45, 2.75) is 5.38 Å². The molecule has 3 rings (SSSR count). The Balaban J connectivity index is 2.12. The molecule has 0 saturated carbocycles. The number of rotatable bonds is 2. The minimum Gasteiger partial charge on any atom is -0.207 e. The quantitative estimate of drug-likeness (QED) is 0.485. The third kappa shape index (κ3) is 2.42. The molecule has 19 heavy (non-hydrogen) atoms. The number of thiophene rings is 1. The number of fused-ring (bicyclic) bond motifs is 1. The molecule has 1 unspecified atom stereocenters. The highest BCUT2D eigenvalue weighted by Gasteiger charge is 2.16. The molecular formula is C15H9BrClFS. The Morgan fingerprint density at radius 3 is 2.74 bits per heavy atom. The van der Waals surface area contributed by atoms with E-state index in [1.165, 1.54) is 16.8 Å². The van der Waals surface area contributed by atoms with Crippen LogP contribution in [0.1, 0.15) is 16.5 Å². The molecule has 2 aromatic carbocycles. The van der Waals surface area contributed by atoms with Gasteiger partial charge in [0.1, 0.15) is 5.82 Å². The molecule has 0 spiro atoms. The zero-order valence-corrected chi connectivity index (χ0v) is 12.9. The highest BCUT2D eigenvalue weighted by atomic mass is 79.9. The number of alkyl halides is 1. The number of benzene rings is 2. The second kappa shape index (κ2) is 5.23. The molecule has 0 radical (unpaired) electrons. The zero-order valence-electron chi connectivity index (χ0n) is 9.74. The Kier molecular flexibility index (Phi) is 3.61. The standard InChI is InChI=1S/C15H9BrClFS/c16-13-6-2-5-11-12(8-19-15(11)13)14(17)9-3-1-4-10(18)7-9/h1-8,14H. The molecule has 0 aliphatic carbocycles. The van der Waals surface area contributed by atoms with Gasteiger partial charge in [-0.25, -0.2) is 4.39 Å². The van der Waals surface area contributed by atoms with Crippen molar-refractivity contribution in [2.75, 3.05) is 0 Å². The van der Waals surface area contributed by atoms with Crippen LogP contribution >= 0.6 is 38.9 Å². The van der Waals surface area contributed by atoms with Gasteiger partial charge in [0.15, 0.2) is 0 Å². The topological polar surface area (TPSA) is 0 Å². The van der Waals surface area contributed by atoms with Gasteiger partial charge in [-0.05, 0) is 56.0 Å². The first-order chi connectivity index (χ1) is 9.16. The Hall–Kier alpha value is -0.900. The summed E-state index contributed by atoms with van der Waals surface area (Å²) in [7, 11) is 0. The van der Waals surface area contributed by atoms with Crippen LogP contribution in [0.15, 0.2) is 52.3 Å². The van der Waals surface area contributed by atoms with E-state index in [1.807, 2.05) is 29.6 Å². The lowest BCUT2D eigenvalue weighted by Gasteiger charge is -2.09. The Labute approximate surface area is 128 Å². The second-order valence-electron chi connectivity index (χ2n) is 4.23. The van der Waals surface area contributed by atoms with Crippen LogP contribution in [0.5, 0.6) is 0 Å². The largest absolute Gasteiger partial charge is 0.207 e. The Morgan fingerprint density at radius 1 is 1.16 bits per heavy atom. The smallest absolute Gasteiger partial charge is 0.123 e. The van der Waals surface area contributed by atoms with E-state index in [4.69, 9.17) is 11.6 Å². The average molecular weight is 356 g/mol. The van der Waals surface area contributed by atoms with Crippen LogP contribution in [0.3, 0.4) is 0 Å². The Morgan fingerprint density at radius 2 is 1.95 bits per heavy atom. The van der Waals surface area contributed by atoms with Crippen LogP contribution in [0.25, 0.3) is 10.1 Å². The molecule has 0 saturated heterocycles. The van der Waals surface area contributed by atoms with Gasteiger partial charge in [-0.15, -0.1) is 22.9 Å². The van der Waals surface area contributed by atoms with E-state index < -0.39 is 0 Å². The summed E-state index contributed by atoms with van der Waals surface area (Å²) in [5.74, 6) is -0.260. The normalized spacial score (nSPS) is 12.8. The number of hydrogen-bond acceptors (Lipinski definition) is 1. The van der Waals surface area contributed by atoms with Crippen LogP contribution in [0.2, 0.25) is 0 Å². The maximum Gasteiger partial charge on any atom is 0.123 e. The van der Waals surface area contributed by atoms with Crippen molar-refractivity contribution in [3.05, 3.63) is 69.3 Å². The first-order valence-electron chi connectivity index (χ1n) is 5.72. The maximum absolute atomic E-state index is 13.3. The summed E-state index contributed by atoms with van der Waals surface area (Å²) in [6, 6.07) is 12.5. The first kappa shape index (κ1) is 13.1. The first-order valence-corrected chi connectivity index (χ1v) is 7.83. The summed E-state index contributed by atoms with van der Waals surface area (Å²) in [6.45, 7) is 0. The van der Waals surface area contributed by atoms with Crippen LogP contribution in [0.4, 0.5) is 4.39 Å². The van der Waals surface area contributed by atoms with E-state index in [0.717, 1.165) is 21.0 Å². The molecule has 96 valence electrons. The van der Waals surface area contributed by atoms with Crippen molar-refractivity contribution >= 4 is 49.0 Å². The van der Waals surface area contributed by atoms with Crippen molar-refractivity contribution in [3.8, 4) is 0 Å². The van der Waals surface area contributed by atoms with E-state index in [9.17, 15) is 4.39 Å². The van der Waals surface area contributed by atoms with Gasteiger partial charge in [0.25, 0.3) is 0 Å². The average Bonchev–Trinajstić information content (AvgIpc) is 2.83. The minimum atomic E-state index is -0.334. The number of halogens is 3. The van der Waals surface area contributed by atoms with E-state index in [1.54, 1.807) is 17.4 Å². The SMILES string of the molecule is Fc1cccc(C(Cl)c2csc3c(Br)cccc23)c1. The van der Waals surface area contributed by atoms with E-state index >= 15 is 0 Å². The van der Waals surface area contributed by atoms with E-state index in [2.05, 4.69) is 15.9 Å². The van der Waals surface area contributed by atoms with Crippen LogP contribution in [-0.2, 0) is 0 Å². The summed E-state index contributed by atoms with van der Waals surface area (Å²) in [6.07, 6.45) is 0.